The van der Waals surface area contributed by atoms with Crippen molar-refractivity contribution in [2.24, 2.45) is 5.73 Å². The van der Waals surface area contributed by atoms with E-state index in [9.17, 15) is 0 Å². The Labute approximate surface area is 120 Å². The Hall–Kier alpha value is -0.610. The molecule has 0 amide bonds. The van der Waals surface area contributed by atoms with Crippen LogP contribution in [0.1, 0.15) is 25.3 Å². The molecule has 1 unspecified atom stereocenters. The molecular weight excluding hydrogens is 262 g/mol. The average molecular weight is 284 g/mol. The zero-order valence-corrected chi connectivity index (χ0v) is 12.2. The van der Waals surface area contributed by atoms with E-state index in [2.05, 4.69) is 0 Å². The first kappa shape index (κ1) is 14.8. The summed E-state index contributed by atoms with van der Waals surface area (Å²) < 4.78 is 11.4. The maximum Gasteiger partial charge on any atom is 0.0879 e. The van der Waals surface area contributed by atoms with Crippen LogP contribution in [0, 0.1) is 0 Å². The highest BCUT2D eigenvalue weighted by Gasteiger charge is 2.39. The van der Waals surface area contributed by atoms with E-state index in [-0.39, 0.29) is 11.6 Å². The van der Waals surface area contributed by atoms with Crippen LogP contribution in [0.5, 0.6) is 0 Å². The second-order valence-corrected chi connectivity index (χ2v) is 5.48. The average Bonchev–Trinajstić information content (AvgIpc) is 2.43. The molecule has 4 heteroatoms. The maximum absolute atomic E-state index is 6.43. The number of hydrogen-bond acceptors (Lipinski definition) is 3. The molecule has 0 spiro atoms. The lowest BCUT2D eigenvalue weighted by Gasteiger charge is -2.41. The molecule has 1 heterocycles. The van der Waals surface area contributed by atoms with Crippen LogP contribution in [0.15, 0.2) is 24.3 Å². The molecule has 1 aromatic rings. The highest BCUT2D eigenvalue weighted by molar-refractivity contribution is 6.30. The molecule has 1 saturated heterocycles. The van der Waals surface area contributed by atoms with Crippen molar-refractivity contribution in [3.05, 3.63) is 34.9 Å². The predicted octanol–water partition coefficient (Wildman–Crippen LogP) is 2.80. The lowest BCUT2D eigenvalue weighted by molar-refractivity contribution is -0.120. The quantitative estimate of drug-likeness (QED) is 0.904. The highest BCUT2D eigenvalue weighted by atomic mass is 35.5. The number of benzene rings is 1. The maximum atomic E-state index is 6.43. The zero-order valence-electron chi connectivity index (χ0n) is 11.4. The molecule has 0 bridgehead atoms. The summed E-state index contributed by atoms with van der Waals surface area (Å²) in [5, 5.41) is 0.753. The second kappa shape index (κ2) is 6.71. The molecule has 1 atom stereocenters. The molecular formula is C15H22ClNO2. The van der Waals surface area contributed by atoms with Crippen LogP contribution < -0.4 is 5.73 Å². The SMILES string of the molecule is CCOC1(C(N)Cc2ccc(Cl)cc2)CCOCC1. The van der Waals surface area contributed by atoms with Crippen molar-refractivity contribution in [3.8, 4) is 0 Å². The van der Waals surface area contributed by atoms with Crippen LogP contribution >= 0.6 is 11.6 Å². The molecule has 1 aliphatic rings. The van der Waals surface area contributed by atoms with Crippen molar-refractivity contribution in [2.45, 2.75) is 37.8 Å². The van der Waals surface area contributed by atoms with Gasteiger partial charge >= 0.3 is 0 Å². The summed E-state index contributed by atoms with van der Waals surface area (Å²) in [4.78, 5) is 0. The van der Waals surface area contributed by atoms with Crippen molar-refractivity contribution in [1.29, 1.82) is 0 Å². The Kier molecular flexibility index (Phi) is 5.22. The molecule has 1 fully saturated rings. The van der Waals surface area contributed by atoms with E-state index in [1.807, 2.05) is 31.2 Å². The van der Waals surface area contributed by atoms with E-state index in [0.717, 1.165) is 37.5 Å². The summed E-state index contributed by atoms with van der Waals surface area (Å²) in [6.07, 6.45) is 2.54. The minimum Gasteiger partial charge on any atom is -0.381 e. The summed E-state index contributed by atoms with van der Waals surface area (Å²) in [6, 6.07) is 7.85. The Morgan fingerprint density at radius 1 is 1.32 bits per heavy atom. The first-order valence-corrected chi connectivity index (χ1v) is 7.26. The lowest BCUT2D eigenvalue weighted by Crippen LogP contribution is -2.54. The van der Waals surface area contributed by atoms with Crippen molar-refractivity contribution in [3.63, 3.8) is 0 Å². The van der Waals surface area contributed by atoms with Gasteiger partial charge in [0.15, 0.2) is 0 Å². The topological polar surface area (TPSA) is 44.5 Å². The van der Waals surface area contributed by atoms with E-state index >= 15 is 0 Å². The van der Waals surface area contributed by atoms with Crippen LogP contribution in [0.3, 0.4) is 0 Å². The molecule has 19 heavy (non-hydrogen) atoms. The van der Waals surface area contributed by atoms with Gasteiger partial charge in [-0.3, -0.25) is 0 Å². The van der Waals surface area contributed by atoms with Crippen LogP contribution in [0.25, 0.3) is 0 Å². The number of halogens is 1. The van der Waals surface area contributed by atoms with Gasteiger partial charge in [0, 0.05) is 43.7 Å². The molecule has 2 N–H and O–H groups in total. The van der Waals surface area contributed by atoms with Crippen LogP contribution in [-0.2, 0) is 15.9 Å². The van der Waals surface area contributed by atoms with Crippen LogP contribution in [0.2, 0.25) is 5.02 Å². The van der Waals surface area contributed by atoms with Crippen molar-refractivity contribution in [2.75, 3.05) is 19.8 Å². The van der Waals surface area contributed by atoms with Gasteiger partial charge in [0.25, 0.3) is 0 Å². The van der Waals surface area contributed by atoms with Gasteiger partial charge in [-0.2, -0.15) is 0 Å². The standard InChI is InChI=1S/C15H22ClNO2/c1-2-19-15(7-9-18-10-8-15)14(17)11-12-3-5-13(16)6-4-12/h3-6,14H,2,7-11,17H2,1H3. The van der Waals surface area contributed by atoms with Gasteiger partial charge in [0.1, 0.15) is 0 Å². The van der Waals surface area contributed by atoms with Crippen molar-refractivity contribution < 1.29 is 9.47 Å². The summed E-state index contributed by atoms with van der Waals surface area (Å²) in [6.45, 7) is 4.17. The van der Waals surface area contributed by atoms with Crippen LogP contribution in [-0.4, -0.2) is 31.5 Å². The summed E-state index contributed by atoms with van der Waals surface area (Å²) in [5.41, 5.74) is 7.38. The van der Waals surface area contributed by atoms with Gasteiger partial charge in [-0.05, 0) is 31.0 Å². The summed E-state index contributed by atoms with van der Waals surface area (Å²) >= 11 is 5.90. The zero-order chi connectivity index (χ0) is 13.7. The lowest BCUT2D eigenvalue weighted by atomic mass is 9.83. The fourth-order valence-corrected chi connectivity index (χ4v) is 2.81. The number of ether oxygens (including phenoxy) is 2. The first-order chi connectivity index (χ1) is 9.16. The molecule has 3 nitrogen and oxygen atoms in total. The van der Waals surface area contributed by atoms with Crippen LogP contribution in [0.4, 0.5) is 0 Å². The monoisotopic (exact) mass is 283 g/mol. The smallest absolute Gasteiger partial charge is 0.0879 e. The van der Waals surface area contributed by atoms with Gasteiger partial charge < -0.3 is 15.2 Å². The minimum absolute atomic E-state index is 0.0162. The third-order valence-electron chi connectivity index (χ3n) is 3.82. The van der Waals surface area contributed by atoms with Crippen molar-refractivity contribution >= 4 is 11.6 Å². The van der Waals surface area contributed by atoms with E-state index < -0.39 is 0 Å². The molecule has 0 aliphatic carbocycles. The fourth-order valence-electron chi connectivity index (χ4n) is 2.69. The molecule has 1 aromatic carbocycles. The Morgan fingerprint density at radius 3 is 2.53 bits per heavy atom. The van der Waals surface area contributed by atoms with Crippen molar-refractivity contribution in [1.82, 2.24) is 0 Å². The third-order valence-corrected chi connectivity index (χ3v) is 4.07. The van der Waals surface area contributed by atoms with Gasteiger partial charge in [0.2, 0.25) is 0 Å². The molecule has 0 radical (unpaired) electrons. The largest absolute Gasteiger partial charge is 0.381 e. The third kappa shape index (κ3) is 3.69. The van der Waals surface area contributed by atoms with E-state index in [0.29, 0.717) is 6.61 Å². The molecule has 106 valence electrons. The minimum atomic E-state index is -0.243. The molecule has 1 aliphatic heterocycles. The van der Waals surface area contributed by atoms with Gasteiger partial charge in [-0.1, -0.05) is 23.7 Å². The normalized spacial score (nSPS) is 20.2. The predicted molar refractivity (Wildman–Crippen MR) is 77.5 cm³/mol. The van der Waals surface area contributed by atoms with Gasteiger partial charge in [-0.15, -0.1) is 0 Å². The van der Waals surface area contributed by atoms with Gasteiger partial charge in [-0.25, -0.2) is 0 Å². The number of rotatable bonds is 5. The fraction of sp³-hybridized carbons (Fsp3) is 0.600. The Balaban J connectivity index is 2.06. The van der Waals surface area contributed by atoms with E-state index in [1.165, 1.54) is 5.56 Å². The number of hydrogen-bond donors (Lipinski definition) is 1. The first-order valence-electron chi connectivity index (χ1n) is 6.88. The van der Waals surface area contributed by atoms with E-state index in [1.54, 1.807) is 0 Å². The highest BCUT2D eigenvalue weighted by Crippen LogP contribution is 2.29. The second-order valence-electron chi connectivity index (χ2n) is 5.05. The van der Waals surface area contributed by atoms with Gasteiger partial charge in [0.05, 0.1) is 5.60 Å². The summed E-state index contributed by atoms with van der Waals surface area (Å²) in [5.74, 6) is 0. The Bertz CT molecular complexity index is 382. The molecule has 0 aromatic heterocycles. The number of nitrogens with two attached hydrogens (primary N) is 1. The Morgan fingerprint density at radius 2 is 1.95 bits per heavy atom. The van der Waals surface area contributed by atoms with E-state index in [4.69, 9.17) is 26.8 Å². The summed E-state index contributed by atoms with van der Waals surface area (Å²) in [7, 11) is 0. The molecule has 0 saturated carbocycles. The molecule has 2 rings (SSSR count).